The van der Waals surface area contributed by atoms with Crippen molar-refractivity contribution < 1.29 is 0 Å². The van der Waals surface area contributed by atoms with E-state index in [0.717, 1.165) is 6.54 Å². The molecule has 2 aromatic rings. The minimum Gasteiger partial charge on any atom is -0.309 e. The summed E-state index contributed by atoms with van der Waals surface area (Å²) in [5.74, 6) is 1.19. The number of benzene rings is 1. The molecule has 0 aliphatic heterocycles. The van der Waals surface area contributed by atoms with E-state index >= 15 is 0 Å². The maximum atomic E-state index is 3.80. The Hall–Kier alpha value is -1.12. The monoisotopic (exact) mass is 301 g/mol. The third kappa shape index (κ3) is 4.18. The van der Waals surface area contributed by atoms with Crippen LogP contribution in [0, 0.1) is 5.92 Å². The first-order valence-corrected chi connectivity index (χ1v) is 8.97. The fourth-order valence-electron chi connectivity index (χ4n) is 2.95. The van der Waals surface area contributed by atoms with Gasteiger partial charge in [-0.05, 0) is 35.9 Å². The van der Waals surface area contributed by atoms with Gasteiger partial charge >= 0.3 is 0 Å². The summed E-state index contributed by atoms with van der Waals surface area (Å²) >= 11 is 1.87. The number of thiophene rings is 1. The van der Waals surface area contributed by atoms with E-state index in [9.17, 15) is 0 Å². The Balaban J connectivity index is 2.35. The zero-order valence-corrected chi connectivity index (χ0v) is 14.2. The van der Waals surface area contributed by atoms with Gasteiger partial charge in [0, 0.05) is 16.8 Å². The predicted molar refractivity (Wildman–Crippen MR) is 94.0 cm³/mol. The molecule has 0 amide bonds. The second-order valence-electron chi connectivity index (χ2n) is 5.77. The molecule has 0 bridgehead atoms. The first-order chi connectivity index (χ1) is 10.3. The first kappa shape index (κ1) is 16.3. The third-order valence-electron chi connectivity index (χ3n) is 4.26. The molecule has 0 spiro atoms. The van der Waals surface area contributed by atoms with Crippen LogP contribution in [-0.2, 0) is 0 Å². The molecule has 1 nitrogen and oxygen atoms in total. The molecule has 0 aliphatic carbocycles. The van der Waals surface area contributed by atoms with Gasteiger partial charge in [-0.25, -0.2) is 0 Å². The minimum atomic E-state index is 0.419. The second-order valence-corrected chi connectivity index (χ2v) is 6.75. The first-order valence-electron chi connectivity index (χ1n) is 8.09. The number of hydrogen-bond acceptors (Lipinski definition) is 2. The summed E-state index contributed by atoms with van der Waals surface area (Å²) in [5.41, 5.74) is 1.45. The molecule has 0 saturated carbocycles. The van der Waals surface area contributed by atoms with E-state index in [1.54, 1.807) is 0 Å². The van der Waals surface area contributed by atoms with Gasteiger partial charge in [-0.3, -0.25) is 0 Å². The molecule has 3 atom stereocenters. The standard InChI is InChI=1S/C19H27NS/c1-4-13-20-19(17-12-9-14-21-17)18(15(3)5-2)16-10-7-6-8-11-16/h6-12,14-15,18-20H,4-5,13H2,1-3H3. The Kier molecular flexibility index (Phi) is 6.47. The molecular weight excluding hydrogens is 274 g/mol. The van der Waals surface area contributed by atoms with Gasteiger partial charge in [0.05, 0.1) is 0 Å². The van der Waals surface area contributed by atoms with E-state index in [0.29, 0.717) is 17.9 Å². The van der Waals surface area contributed by atoms with E-state index < -0.39 is 0 Å². The number of hydrogen-bond donors (Lipinski definition) is 1. The molecule has 0 radical (unpaired) electrons. The molecule has 1 aromatic heterocycles. The van der Waals surface area contributed by atoms with Crippen LogP contribution >= 0.6 is 11.3 Å². The van der Waals surface area contributed by atoms with Gasteiger partial charge in [0.1, 0.15) is 0 Å². The third-order valence-corrected chi connectivity index (χ3v) is 5.22. The number of rotatable bonds is 8. The van der Waals surface area contributed by atoms with Crippen LogP contribution in [0.2, 0.25) is 0 Å². The predicted octanol–water partition coefficient (Wildman–Crippen LogP) is 5.62. The molecule has 1 heterocycles. The fourth-order valence-corrected chi connectivity index (χ4v) is 3.80. The van der Waals surface area contributed by atoms with Crippen molar-refractivity contribution in [3.05, 3.63) is 58.3 Å². The van der Waals surface area contributed by atoms with Crippen molar-refractivity contribution >= 4 is 11.3 Å². The van der Waals surface area contributed by atoms with Crippen LogP contribution in [0.15, 0.2) is 47.8 Å². The average molecular weight is 301 g/mol. The smallest absolute Gasteiger partial charge is 0.0486 e. The molecule has 21 heavy (non-hydrogen) atoms. The highest BCUT2D eigenvalue weighted by molar-refractivity contribution is 7.10. The van der Waals surface area contributed by atoms with Gasteiger partial charge in [0.15, 0.2) is 0 Å². The van der Waals surface area contributed by atoms with Crippen LogP contribution in [0.3, 0.4) is 0 Å². The topological polar surface area (TPSA) is 12.0 Å². The Bertz CT molecular complexity index is 492. The van der Waals surface area contributed by atoms with Gasteiger partial charge in [0.25, 0.3) is 0 Å². The van der Waals surface area contributed by atoms with Crippen LogP contribution in [-0.4, -0.2) is 6.54 Å². The highest BCUT2D eigenvalue weighted by Crippen LogP contribution is 2.39. The van der Waals surface area contributed by atoms with Crippen molar-refractivity contribution in [3.8, 4) is 0 Å². The Labute approximate surface area is 133 Å². The van der Waals surface area contributed by atoms with Gasteiger partial charge in [0.2, 0.25) is 0 Å². The fraction of sp³-hybridized carbons (Fsp3) is 0.474. The molecule has 114 valence electrons. The van der Waals surface area contributed by atoms with Crippen molar-refractivity contribution in [2.45, 2.75) is 45.6 Å². The molecular formula is C19H27NS. The Morgan fingerprint density at radius 1 is 1.05 bits per heavy atom. The molecule has 2 rings (SSSR count). The van der Waals surface area contributed by atoms with Gasteiger partial charge < -0.3 is 5.32 Å². The highest BCUT2D eigenvalue weighted by atomic mass is 32.1. The number of nitrogens with one attached hydrogen (secondary N) is 1. The molecule has 0 aliphatic rings. The van der Waals surface area contributed by atoms with Gasteiger partial charge in [-0.2, -0.15) is 0 Å². The Morgan fingerprint density at radius 2 is 1.81 bits per heavy atom. The lowest BCUT2D eigenvalue weighted by Gasteiger charge is -2.32. The van der Waals surface area contributed by atoms with Gasteiger partial charge in [-0.1, -0.05) is 63.6 Å². The van der Waals surface area contributed by atoms with Crippen LogP contribution in [0.25, 0.3) is 0 Å². The van der Waals surface area contributed by atoms with E-state index in [4.69, 9.17) is 0 Å². The van der Waals surface area contributed by atoms with Crippen molar-refractivity contribution in [2.24, 2.45) is 5.92 Å². The average Bonchev–Trinajstić information content (AvgIpc) is 3.05. The maximum absolute atomic E-state index is 3.80. The summed E-state index contributed by atoms with van der Waals surface area (Å²) in [7, 11) is 0. The molecule has 1 aromatic carbocycles. The quantitative estimate of drug-likeness (QED) is 0.667. The van der Waals surface area contributed by atoms with E-state index in [-0.39, 0.29) is 0 Å². The summed E-state index contributed by atoms with van der Waals surface area (Å²) < 4.78 is 0. The van der Waals surface area contributed by atoms with Crippen LogP contribution < -0.4 is 5.32 Å². The lowest BCUT2D eigenvalue weighted by molar-refractivity contribution is 0.343. The van der Waals surface area contributed by atoms with Crippen molar-refractivity contribution in [1.82, 2.24) is 5.32 Å². The minimum absolute atomic E-state index is 0.419. The molecule has 0 fully saturated rings. The van der Waals surface area contributed by atoms with Crippen molar-refractivity contribution in [2.75, 3.05) is 6.54 Å². The summed E-state index contributed by atoms with van der Waals surface area (Å²) in [6, 6.07) is 15.9. The largest absolute Gasteiger partial charge is 0.309 e. The molecule has 2 heteroatoms. The summed E-state index contributed by atoms with van der Waals surface area (Å²) in [5, 5.41) is 5.99. The molecule has 1 N–H and O–H groups in total. The SMILES string of the molecule is CCCNC(c1cccs1)C(c1ccccc1)C(C)CC. The van der Waals surface area contributed by atoms with Crippen LogP contribution in [0.1, 0.15) is 56.0 Å². The maximum Gasteiger partial charge on any atom is 0.0486 e. The summed E-state index contributed by atoms with van der Waals surface area (Å²) in [6.07, 6.45) is 2.37. The van der Waals surface area contributed by atoms with Crippen LogP contribution in [0.5, 0.6) is 0 Å². The zero-order chi connectivity index (χ0) is 15.1. The Morgan fingerprint density at radius 3 is 2.38 bits per heavy atom. The summed E-state index contributed by atoms with van der Waals surface area (Å²) in [4.78, 5) is 1.46. The second kappa shape index (κ2) is 8.35. The summed E-state index contributed by atoms with van der Waals surface area (Å²) in [6.45, 7) is 7.99. The van der Waals surface area contributed by atoms with Crippen molar-refractivity contribution in [3.63, 3.8) is 0 Å². The normalized spacial score (nSPS) is 15.6. The van der Waals surface area contributed by atoms with Gasteiger partial charge in [-0.15, -0.1) is 11.3 Å². The van der Waals surface area contributed by atoms with E-state index in [2.05, 4.69) is 73.9 Å². The van der Waals surface area contributed by atoms with E-state index in [1.807, 2.05) is 11.3 Å². The van der Waals surface area contributed by atoms with Crippen molar-refractivity contribution in [1.29, 1.82) is 0 Å². The molecule has 3 unspecified atom stereocenters. The van der Waals surface area contributed by atoms with Crippen LogP contribution in [0.4, 0.5) is 0 Å². The molecule has 0 saturated heterocycles. The highest BCUT2D eigenvalue weighted by Gasteiger charge is 2.28. The zero-order valence-electron chi connectivity index (χ0n) is 13.4. The lowest BCUT2D eigenvalue weighted by Crippen LogP contribution is -2.30. The lowest BCUT2D eigenvalue weighted by atomic mass is 9.79. The van der Waals surface area contributed by atoms with E-state index in [1.165, 1.54) is 23.3 Å².